The summed E-state index contributed by atoms with van der Waals surface area (Å²) in [6.07, 6.45) is 0.792. The summed E-state index contributed by atoms with van der Waals surface area (Å²) in [7, 11) is 0. The standard InChI is InChI=1S/C21H25N3O5/c1-3-28-19-11-15-9-10-23(13-16(15)12-20(19)29-4-2)14-21(25)22-17-7-5-6-8-18(17)24(26)27/h5-8,11-12H,3-4,9-10,13-14H2,1-2H3,(H,22,25). The number of carbonyl (C=O) groups excluding carboxylic acids is 1. The highest BCUT2D eigenvalue weighted by atomic mass is 16.6. The van der Waals surface area contributed by atoms with Gasteiger partial charge in [0, 0.05) is 19.2 Å². The SMILES string of the molecule is CCOc1cc2c(cc1OCC)CN(CC(=O)Nc1ccccc1[N+](=O)[O-])CC2. The van der Waals surface area contributed by atoms with E-state index in [1.807, 2.05) is 30.9 Å². The number of fused-ring (bicyclic) bond motifs is 1. The van der Waals surface area contributed by atoms with Crippen LogP contribution in [-0.2, 0) is 17.8 Å². The lowest BCUT2D eigenvalue weighted by molar-refractivity contribution is -0.383. The first-order valence-corrected chi connectivity index (χ1v) is 9.68. The van der Waals surface area contributed by atoms with E-state index in [2.05, 4.69) is 5.32 Å². The van der Waals surface area contributed by atoms with Gasteiger partial charge >= 0.3 is 0 Å². The third kappa shape index (κ3) is 5.03. The molecule has 2 aromatic carbocycles. The van der Waals surface area contributed by atoms with Gasteiger partial charge in [0.2, 0.25) is 5.91 Å². The number of nitrogens with one attached hydrogen (secondary N) is 1. The summed E-state index contributed by atoms with van der Waals surface area (Å²) >= 11 is 0. The zero-order chi connectivity index (χ0) is 20.8. The molecule has 0 spiro atoms. The molecule has 154 valence electrons. The molecule has 1 aliphatic heterocycles. The largest absolute Gasteiger partial charge is 0.490 e. The number of benzene rings is 2. The summed E-state index contributed by atoms with van der Waals surface area (Å²) in [5, 5.41) is 13.8. The molecule has 0 aliphatic carbocycles. The van der Waals surface area contributed by atoms with Crippen LogP contribution < -0.4 is 14.8 Å². The second kappa shape index (κ2) is 9.38. The summed E-state index contributed by atoms with van der Waals surface area (Å²) < 4.78 is 11.4. The second-order valence-corrected chi connectivity index (χ2v) is 6.72. The zero-order valence-corrected chi connectivity index (χ0v) is 16.6. The van der Waals surface area contributed by atoms with Crippen molar-refractivity contribution in [2.45, 2.75) is 26.8 Å². The van der Waals surface area contributed by atoms with Crippen LogP contribution in [0.25, 0.3) is 0 Å². The van der Waals surface area contributed by atoms with Crippen molar-refractivity contribution in [1.82, 2.24) is 4.90 Å². The summed E-state index contributed by atoms with van der Waals surface area (Å²) in [6, 6.07) is 10.1. The van der Waals surface area contributed by atoms with Gasteiger partial charge in [-0.05, 0) is 49.6 Å². The van der Waals surface area contributed by atoms with E-state index in [-0.39, 0.29) is 23.8 Å². The van der Waals surface area contributed by atoms with Gasteiger partial charge in [-0.3, -0.25) is 19.8 Å². The molecule has 0 unspecified atom stereocenters. The number of amides is 1. The topological polar surface area (TPSA) is 93.9 Å². The number of hydrogen-bond acceptors (Lipinski definition) is 6. The molecule has 0 bridgehead atoms. The van der Waals surface area contributed by atoms with Crippen LogP contribution in [0.15, 0.2) is 36.4 Å². The highest BCUT2D eigenvalue weighted by Crippen LogP contribution is 2.34. The summed E-state index contributed by atoms with van der Waals surface area (Å²) in [5.41, 5.74) is 2.38. The van der Waals surface area contributed by atoms with Crippen LogP contribution in [0.3, 0.4) is 0 Å². The Kier molecular flexibility index (Phi) is 6.66. The molecule has 1 N–H and O–H groups in total. The Balaban J connectivity index is 1.68. The Morgan fingerprint density at radius 1 is 1.14 bits per heavy atom. The van der Waals surface area contributed by atoms with Crippen molar-refractivity contribution in [2.24, 2.45) is 0 Å². The molecule has 0 saturated heterocycles. The lowest BCUT2D eigenvalue weighted by Gasteiger charge is -2.29. The van der Waals surface area contributed by atoms with Crippen LogP contribution in [0.1, 0.15) is 25.0 Å². The minimum atomic E-state index is -0.502. The van der Waals surface area contributed by atoms with Crippen LogP contribution >= 0.6 is 0 Å². The number of hydrogen-bond donors (Lipinski definition) is 1. The van der Waals surface area contributed by atoms with Crippen molar-refractivity contribution in [3.8, 4) is 11.5 Å². The molecule has 1 amide bonds. The lowest BCUT2D eigenvalue weighted by atomic mass is 9.98. The van der Waals surface area contributed by atoms with Gasteiger partial charge in [0.1, 0.15) is 5.69 Å². The molecule has 3 rings (SSSR count). The van der Waals surface area contributed by atoms with Crippen molar-refractivity contribution in [1.29, 1.82) is 0 Å². The van der Waals surface area contributed by atoms with E-state index in [4.69, 9.17) is 9.47 Å². The quantitative estimate of drug-likeness (QED) is 0.540. The number of carbonyl (C=O) groups is 1. The normalized spacial score (nSPS) is 13.4. The summed E-state index contributed by atoms with van der Waals surface area (Å²) in [4.78, 5) is 25.1. The summed E-state index contributed by atoms with van der Waals surface area (Å²) in [5.74, 6) is 1.17. The first-order chi connectivity index (χ1) is 14.0. The lowest BCUT2D eigenvalue weighted by Crippen LogP contribution is -2.37. The Hall–Kier alpha value is -3.13. The van der Waals surface area contributed by atoms with E-state index in [1.165, 1.54) is 17.7 Å². The number of rotatable bonds is 8. The highest BCUT2D eigenvalue weighted by molar-refractivity contribution is 5.94. The first kappa shape index (κ1) is 20.6. The van der Waals surface area contributed by atoms with Gasteiger partial charge in [0.05, 0.1) is 24.7 Å². The van der Waals surface area contributed by atoms with E-state index in [1.54, 1.807) is 12.1 Å². The van der Waals surface area contributed by atoms with Gasteiger partial charge < -0.3 is 14.8 Å². The van der Waals surface area contributed by atoms with Gasteiger partial charge in [0.25, 0.3) is 5.69 Å². The van der Waals surface area contributed by atoms with Crippen molar-refractivity contribution in [3.05, 3.63) is 57.6 Å². The van der Waals surface area contributed by atoms with Gasteiger partial charge in [-0.1, -0.05) is 12.1 Å². The second-order valence-electron chi connectivity index (χ2n) is 6.72. The molecule has 0 aromatic heterocycles. The molecule has 8 heteroatoms. The molecular weight excluding hydrogens is 374 g/mol. The molecule has 1 aliphatic rings. The van der Waals surface area contributed by atoms with Crippen molar-refractivity contribution in [3.63, 3.8) is 0 Å². The van der Waals surface area contributed by atoms with Crippen molar-refractivity contribution < 1.29 is 19.2 Å². The van der Waals surface area contributed by atoms with Crippen LogP contribution in [0.2, 0.25) is 0 Å². The average molecular weight is 399 g/mol. The Morgan fingerprint density at radius 3 is 2.45 bits per heavy atom. The number of nitro benzene ring substituents is 1. The fraction of sp³-hybridized carbons (Fsp3) is 0.381. The fourth-order valence-electron chi connectivity index (χ4n) is 3.43. The minimum Gasteiger partial charge on any atom is -0.490 e. The predicted molar refractivity (Wildman–Crippen MR) is 109 cm³/mol. The van der Waals surface area contributed by atoms with Gasteiger partial charge in [-0.15, -0.1) is 0 Å². The molecule has 0 atom stereocenters. The Morgan fingerprint density at radius 2 is 1.79 bits per heavy atom. The number of anilines is 1. The number of nitro groups is 1. The maximum Gasteiger partial charge on any atom is 0.292 e. The first-order valence-electron chi connectivity index (χ1n) is 9.68. The smallest absolute Gasteiger partial charge is 0.292 e. The van der Waals surface area contributed by atoms with Crippen LogP contribution in [0.5, 0.6) is 11.5 Å². The zero-order valence-electron chi connectivity index (χ0n) is 16.6. The molecule has 0 fully saturated rings. The number of nitrogens with zero attached hydrogens (tertiary/aromatic N) is 2. The Bertz CT molecular complexity index is 900. The van der Waals surface area contributed by atoms with Crippen LogP contribution in [-0.4, -0.2) is 42.0 Å². The number of ether oxygens (including phenoxy) is 2. The monoisotopic (exact) mass is 399 g/mol. The molecule has 0 saturated carbocycles. The van der Waals surface area contributed by atoms with Crippen LogP contribution in [0.4, 0.5) is 11.4 Å². The van der Waals surface area contributed by atoms with Gasteiger partial charge in [0.15, 0.2) is 11.5 Å². The van der Waals surface area contributed by atoms with Crippen molar-refractivity contribution >= 4 is 17.3 Å². The highest BCUT2D eigenvalue weighted by Gasteiger charge is 2.22. The van der Waals surface area contributed by atoms with E-state index in [9.17, 15) is 14.9 Å². The third-order valence-corrected chi connectivity index (χ3v) is 4.70. The van der Waals surface area contributed by atoms with Crippen molar-refractivity contribution in [2.75, 3.05) is 31.6 Å². The van der Waals surface area contributed by atoms with Gasteiger partial charge in [-0.25, -0.2) is 0 Å². The van der Waals surface area contributed by atoms with E-state index >= 15 is 0 Å². The Labute approximate surface area is 169 Å². The maximum atomic E-state index is 12.5. The molecule has 8 nitrogen and oxygen atoms in total. The fourth-order valence-corrected chi connectivity index (χ4v) is 3.43. The molecule has 0 radical (unpaired) electrons. The third-order valence-electron chi connectivity index (χ3n) is 4.70. The molecular formula is C21H25N3O5. The minimum absolute atomic E-state index is 0.116. The predicted octanol–water partition coefficient (Wildman–Crippen LogP) is 3.39. The molecule has 29 heavy (non-hydrogen) atoms. The van der Waals surface area contributed by atoms with E-state index in [0.717, 1.165) is 24.3 Å². The maximum absolute atomic E-state index is 12.5. The number of para-hydroxylation sites is 2. The molecule has 2 aromatic rings. The van der Waals surface area contributed by atoms with E-state index < -0.39 is 4.92 Å². The average Bonchev–Trinajstić information content (AvgIpc) is 2.69. The summed E-state index contributed by atoms with van der Waals surface area (Å²) in [6.45, 7) is 6.45. The van der Waals surface area contributed by atoms with Gasteiger partial charge in [-0.2, -0.15) is 0 Å². The van der Waals surface area contributed by atoms with E-state index in [0.29, 0.717) is 25.5 Å². The van der Waals surface area contributed by atoms with Crippen LogP contribution in [0, 0.1) is 10.1 Å². The molecule has 1 heterocycles.